The summed E-state index contributed by atoms with van der Waals surface area (Å²) in [4.78, 5) is 37.5. The van der Waals surface area contributed by atoms with Gasteiger partial charge in [0, 0.05) is 31.3 Å². The highest BCUT2D eigenvalue weighted by atomic mass is 16.5. The van der Waals surface area contributed by atoms with Crippen molar-refractivity contribution in [3.63, 3.8) is 0 Å². The molecule has 6 heteroatoms. The fourth-order valence-electron chi connectivity index (χ4n) is 2.71. The van der Waals surface area contributed by atoms with Crippen LogP contribution >= 0.6 is 0 Å². The van der Waals surface area contributed by atoms with Crippen molar-refractivity contribution in [2.75, 3.05) is 20.7 Å². The zero-order chi connectivity index (χ0) is 17.0. The van der Waals surface area contributed by atoms with Crippen LogP contribution in [0.1, 0.15) is 52.4 Å². The highest BCUT2D eigenvalue weighted by Gasteiger charge is 2.27. The van der Waals surface area contributed by atoms with Gasteiger partial charge >= 0.3 is 5.97 Å². The van der Waals surface area contributed by atoms with E-state index in [0.717, 1.165) is 5.69 Å². The van der Waals surface area contributed by atoms with Crippen molar-refractivity contribution in [1.82, 2.24) is 9.47 Å². The average molecular weight is 308 g/mol. The lowest BCUT2D eigenvalue weighted by atomic mass is 10.1. The van der Waals surface area contributed by atoms with Gasteiger partial charge in [-0.05, 0) is 26.3 Å². The number of hydrogen-bond donors (Lipinski definition) is 0. The van der Waals surface area contributed by atoms with Crippen molar-refractivity contribution in [1.29, 1.82) is 0 Å². The smallest absolute Gasteiger partial charge is 0.354 e. The Hall–Kier alpha value is -2.11. The first kappa shape index (κ1) is 17.9. The van der Waals surface area contributed by atoms with Gasteiger partial charge in [0.15, 0.2) is 5.78 Å². The molecule has 0 aromatic carbocycles. The summed E-state index contributed by atoms with van der Waals surface area (Å²) >= 11 is 0. The molecule has 0 spiro atoms. The molecule has 0 fully saturated rings. The van der Waals surface area contributed by atoms with Gasteiger partial charge in [0.05, 0.1) is 13.7 Å². The Kier molecular flexibility index (Phi) is 5.91. The molecule has 0 aliphatic carbocycles. The van der Waals surface area contributed by atoms with E-state index in [9.17, 15) is 14.4 Å². The Morgan fingerprint density at radius 1 is 1.18 bits per heavy atom. The van der Waals surface area contributed by atoms with Crippen LogP contribution in [0.25, 0.3) is 0 Å². The van der Waals surface area contributed by atoms with Crippen LogP contribution in [0.3, 0.4) is 0 Å². The molecule has 0 unspecified atom stereocenters. The lowest BCUT2D eigenvalue weighted by Crippen LogP contribution is -2.31. The number of rotatable bonds is 6. The highest BCUT2D eigenvalue weighted by Crippen LogP contribution is 2.24. The maximum absolute atomic E-state index is 12.6. The van der Waals surface area contributed by atoms with Crippen LogP contribution in [0.15, 0.2) is 0 Å². The Balaban J connectivity index is 3.25. The van der Waals surface area contributed by atoms with Crippen molar-refractivity contribution < 1.29 is 19.1 Å². The van der Waals surface area contributed by atoms with E-state index < -0.39 is 5.97 Å². The van der Waals surface area contributed by atoms with Gasteiger partial charge in [0.2, 0.25) is 5.91 Å². The summed E-state index contributed by atoms with van der Waals surface area (Å²) in [7, 11) is 2.92. The molecule has 0 bridgehead atoms. The first-order valence-corrected chi connectivity index (χ1v) is 7.35. The van der Waals surface area contributed by atoms with Gasteiger partial charge in [0.25, 0.3) is 0 Å². The molecule has 0 aliphatic rings. The van der Waals surface area contributed by atoms with Gasteiger partial charge in [-0.1, -0.05) is 6.92 Å². The monoisotopic (exact) mass is 308 g/mol. The molecule has 0 N–H and O–H groups in total. The van der Waals surface area contributed by atoms with Crippen LogP contribution in [-0.2, 0) is 16.1 Å². The van der Waals surface area contributed by atoms with Crippen molar-refractivity contribution in [3.8, 4) is 0 Å². The van der Waals surface area contributed by atoms with Crippen molar-refractivity contribution in [2.45, 2.75) is 40.7 Å². The molecule has 0 atom stereocenters. The third-order valence-corrected chi connectivity index (χ3v) is 3.85. The third-order valence-electron chi connectivity index (χ3n) is 3.85. The minimum absolute atomic E-state index is 0.00267. The van der Waals surface area contributed by atoms with Crippen molar-refractivity contribution >= 4 is 17.7 Å². The molecule has 1 rings (SSSR count). The van der Waals surface area contributed by atoms with E-state index in [-0.39, 0.29) is 18.2 Å². The first-order valence-electron chi connectivity index (χ1n) is 7.35. The molecule has 0 saturated heterocycles. The van der Waals surface area contributed by atoms with E-state index in [1.54, 1.807) is 32.4 Å². The van der Waals surface area contributed by atoms with E-state index in [1.807, 2.05) is 6.92 Å². The van der Waals surface area contributed by atoms with Crippen LogP contribution in [0, 0.1) is 13.8 Å². The SMILES string of the molecule is CCC(=O)N(C)CC(=O)c1c(C)c(C(=O)OC)n(CC)c1C. The molecule has 6 nitrogen and oxygen atoms in total. The summed E-state index contributed by atoms with van der Waals surface area (Å²) in [5, 5.41) is 0. The van der Waals surface area contributed by atoms with Gasteiger partial charge in [-0.15, -0.1) is 0 Å². The molecule has 22 heavy (non-hydrogen) atoms. The molecule has 0 aliphatic heterocycles. The maximum Gasteiger partial charge on any atom is 0.354 e. The van der Waals surface area contributed by atoms with Crippen molar-refractivity contribution in [2.24, 2.45) is 0 Å². The predicted molar refractivity (Wildman–Crippen MR) is 83.2 cm³/mol. The summed E-state index contributed by atoms with van der Waals surface area (Å²) in [6.45, 7) is 7.76. The average Bonchev–Trinajstić information content (AvgIpc) is 2.75. The van der Waals surface area contributed by atoms with Crippen LogP contribution in [0.5, 0.6) is 0 Å². The number of ether oxygens (including phenoxy) is 1. The minimum atomic E-state index is -0.459. The molecule has 1 aromatic heterocycles. The van der Waals surface area contributed by atoms with Gasteiger partial charge in [0.1, 0.15) is 5.69 Å². The van der Waals surface area contributed by atoms with E-state index in [4.69, 9.17) is 4.74 Å². The Morgan fingerprint density at radius 3 is 2.23 bits per heavy atom. The Morgan fingerprint density at radius 2 is 1.77 bits per heavy atom. The summed E-state index contributed by atoms with van der Waals surface area (Å²) in [6.07, 6.45) is 0.352. The summed E-state index contributed by atoms with van der Waals surface area (Å²) in [5.41, 5.74) is 2.23. The van der Waals surface area contributed by atoms with Crippen LogP contribution in [0.4, 0.5) is 0 Å². The van der Waals surface area contributed by atoms with Gasteiger partial charge in [-0.2, -0.15) is 0 Å². The van der Waals surface area contributed by atoms with Crippen LogP contribution in [-0.4, -0.2) is 47.8 Å². The molecule has 1 aromatic rings. The predicted octanol–water partition coefficient (Wildman–Crippen LogP) is 1.96. The third kappa shape index (κ3) is 3.21. The largest absolute Gasteiger partial charge is 0.464 e. The molecule has 0 radical (unpaired) electrons. The number of aromatic nitrogens is 1. The second kappa shape index (κ2) is 7.24. The zero-order valence-electron chi connectivity index (χ0n) is 14.1. The standard InChI is InChI=1S/C16H24N2O4/c1-7-13(20)17(5)9-12(19)14-10(3)15(16(21)22-6)18(8-2)11(14)4/h7-9H2,1-6H3. The van der Waals surface area contributed by atoms with E-state index >= 15 is 0 Å². The zero-order valence-corrected chi connectivity index (χ0v) is 14.1. The van der Waals surface area contributed by atoms with Crippen LogP contribution in [0.2, 0.25) is 0 Å². The fourth-order valence-corrected chi connectivity index (χ4v) is 2.71. The second-order valence-electron chi connectivity index (χ2n) is 5.20. The number of carbonyl (C=O) groups excluding carboxylic acids is 3. The van der Waals surface area contributed by atoms with E-state index in [2.05, 4.69) is 0 Å². The number of hydrogen-bond acceptors (Lipinski definition) is 4. The lowest BCUT2D eigenvalue weighted by Gasteiger charge is -2.15. The molecule has 1 heterocycles. The number of nitrogens with zero attached hydrogens (tertiary/aromatic N) is 2. The number of esters is 1. The maximum atomic E-state index is 12.6. The second-order valence-corrected chi connectivity index (χ2v) is 5.20. The molecule has 0 saturated carbocycles. The van der Waals surface area contributed by atoms with Gasteiger partial charge in [-0.25, -0.2) is 4.79 Å². The molecular weight excluding hydrogens is 284 g/mol. The minimum Gasteiger partial charge on any atom is -0.464 e. The number of likely N-dealkylation sites (N-methyl/N-ethyl adjacent to an activating group) is 1. The molecule has 122 valence electrons. The molecular formula is C16H24N2O4. The highest BCUT2D eigenvalue weighted by molar-refractivity contribution is 6.04. The Bertz CT molecular complexity index is 602. The lowest BCUT2D eigenvalue weighted by molar-refractivity contribution is -0.129. The first-order chi connectivity index (χ1) is 10.3. The summed E-state index contributed by atoms with van der Waals surface area (Å²) < 4.78 is 6.58. The quantitative estimate of drug-likeness (QED) is 0.595. The summed E-state index contributed by atoms with van der Waals surface area (Å²) in [6, 6.07) is 0. The summed E-state index contributed by atoms with van der Waals surface area (Å²) in [5.74, 6) is -0.720. The fraction of sp³-hybridized carbons (Fsp3) is 0.562. The number of methoxy groups -OCH3 is 1. The molecule has 1 amide bonds. The Labute approximate surface area is 131 Å². The topological polar surface area (TPSA) is 68.6 Å². The number of carbonyl (C=O) groups is 3. The van der Waals surface area contributed by atoms with E-state index in [1.165, 1.54) is 12.0 Å². The van der Waals surface area contributed by atoms with Gasteiger partial charge in [-0.3, -0.25) is 9.59 Å². The van der Waals surface area contributed by atoms with Crippen LogP contribution < -0.4 is 0 Å². The normalized spacial score (nSPS) is 10.5. The number of ketones is 1. The number of Topliss-reactive ketones (excluding diaryl/α,β-unsaturated/α-hetero) is 1. The van der Waals surface area contributed by atoms with Crippen molar-refractivity contribution in [3.05, 3.63) is 22.5 Å². The van der Waals surface area contributed by atoms with E-state index in [0.29, 0.717) is 29.8 Å². The van der Waals surface area contributed by atoms with Gasteiger partial charge < -0.3 is 14.2 Å². The number of amides is 1.